The third-order valence-corrected chi connectivity index (χ3v) is 2.29. The summed E-state index contributed by atoms with van der Waals surface area (Å²) in [6.07, 6.45) is 2.21. The second-order valence-electron chi connectivity index (χ2n) is 3.10. The van der Waals surface area contributed by atoms with E-state index in [1.165, 1.54) is 0 Å². The van der Waals surface area contributed by atoms with Gasteiger partial charge < -0.3 is 9.26 Å². The first-order valence-corrected chi connectivity index (χ1v) is 5.11. The Morgan fingerprint density at radius 2 is 2.38 bits per heavy atom. The average Bonchev–Trinajstić information content (AvgIpc) is 2.75. The highest BCUT2D eigenvalue weighted by Crippen LogP contribution is 2.23. The number of rotatable bonds is 4. The molecule has 0 aromatic carbocycles. The molecule has 0 aliphatic carbocycles. The zero-order valence-electron chi connectivity index (χ0n) is 8.68. The Balaban J connectivity index is 2.22. The van der Waals surface area contributed by atoms with Crippen LogP contribution in [0.5, 0.6) is 0 Å². The fourth-order valence-corrected chi connectivity index (χ4v) is 1.40. The lowest BCUT2D eigenvalue weighted by atomic mass is 10.3. The minimum Gasteiger partial charge on any atom is -0.384 e. The molecule has 0 atom stereocenters. The minimum atomic E-state index is 0.351. The molecule has 0 N–H and O–H groups in total. The van der Waals surface area contributed by atoms with Crippen LogP contribution in [0.2, 0.25) is 5.15 Å². The molecule has 84 valence electrons. The molecule has 0 aliphatic rings. The van der Waals surface area contributed by atoms with Crippen molar-refractivity contribution in [2.75, 3.05) is 13.7 Å². The largest absolute Gasteiger partial charge is 0.384 e. The Bertz CT molecular complexity index is 473. The lowest BCUT2D eigenvalue weighted by Crippen LogP contribution is -1.96. The van der Waals surface area contributed by atoms with Crippen molar-refractivity contribution in [1.82, 2.24) is 15.1 Å². The lowest BCUT2D eigenvalue weighted by molar-refractivity contribution is 0.199. The normalized spacial score (nSPS) is 10.6. The maximum absolute atomic E-state index is 5.91. The molecule has 2 aromatic rings. The van der Waals surface area contributed by atoms with Gasteiger partial charge in [0.2, 0.25) is 0 Å². The average molecular weight is 240 g/mol. The molecular weight excluding hydrogens is 230 g/mol. The van der Waals surface area contributed by atoms with Gasteiger partial charge in [-0.3, -0.25) is 0 Å². The van der Waals surface area contributed by atoms with Gasteiger partial charge >= 0.3 is 0 Å². The molecule has 0 fully saturated rings. The van der Waals surface area contributed by atoms with Crippen molar-refractivity contribution in [2.24, 2.45) is 0 Å². The van der Waals surface area contributed by atoms with Crippen molar-refractivity contribution < 1.29 is 9.26 Å². The molecule has 2 rings (SSSR count). The van der Waals surface area contributed by atoms with E-state index in [1.54, 1.807) is 25.4 Å². The van der Waals surface area contributed by atoms with Crippen LogP contribution in [-0.2, 0) is 11.2 Å². The van der Waals surface area contributed by atoms with Gasteiger partial charge in [0.1, 0.15) is 5.15 Å². The Hall–Kier alpha value is -1.46. The van der Waals surface area contributed by atoms with Crippen LogP contribution in [0, 0.1) is 0 Å². The summed E-state index contributed by atoms with van der Waals surface area (Å²) in [6.45, 7) is 0.555. The van der Waals surface area contributed by atoms with Crippen LogP contribution in [0.25, 0.3) is 11.5 Å². The number of ether oxygens (including phenoxy) is 1. The van der Waals surface area contributed by atoms with E-state index in [-0.39, 0.29) is 0 Å². The Morgan fingerprint density at radius 1 is 1.50 bits per heavy atom. The first-order valence-electron chi connectivity index (χ1n) is 4.73. The van der Waals surface area contributed by atoms with Crippen LogP contribution >= 0.6 is 11.6 Å². The number of nitrogens with zero attached hydrogens (tertiary/aromatic N) is 3. The predicted octanol–water partition coefficient (Wildman–Crippen LogP) is 1.97. The molecule has 0 unspecified atom stereocenters. The van der Waals surface area contributed by atoms with Crippen molar-refractivity contribution in [2.45, 2.75) is 6.42 Å². The first kappa shape index (κ1) is 11.0. The third kappa shape index (κ3) is 2.37. The molecule has 5 nitrogen and oxygen atoms in total. The van der Waals surface area contributed by atoms with Crippen LogP contribution in [0.4, 0.5) is 0 Å². The second-order valence-corrected chi connectivity index (χ2v) is 3.46. The van der Waals surface area contributed by atoms with Gasteiger partial charge in [0, 0.05) is 19.7 Å². The van der Waals surface area contributed by atoms with Gasteiger partial charge in [-0.05, 0) is 12.1 Å². The molecule has 0 spiro atoms. The Kier molecular flexibility index (Phi) is 3.48. The van der Waals surface area contributed by atoms with E-state index >= 15 is 0 Å². The molecule has 2 aromatic heterocycles. The van der Waals surface area contributed by atoms with Crippen molar-refractivity contribution >= 4 is 11.6 Å². The summed E-state index contributed by atoms with van der Waals surface area (Å²) in [6, 6.07) is 3.54. The van der Waals surface area contributed by atoms with Crippen LogP contribution in [-0.4, -0.2) is 28.8 Å². The van der Waals surface area contributed by atoms with Crippen LogP contribution in [0.3, 0.4) is 0 Å². The molecule has 2 heterocycles. The summed E-state index contributed by atoms with van der Waals surface area (Å²) >= 11 is 5.91. The quantitative estimate of drug-likeness (QED) is 0.764. The first-order chi connectivity index (χ1) is 7.81. The molecule has 6 heteroatoms. The highest BCUT2D eigenvalue weighted by atomic mass is 35.5. The van der Waals surface area contributed by atoms with E-state index in [0.29, 0.717) is 35.5 Å². The topological polar surface area (TPSA) is 61.0 Å². The molecule has 0 saturated heterocycles. The summed E-state index contributed by atoms with van der Waals surface area (Å²) in [4.78, 5) is 8.14. The fourth-order valence-electron chi connectivity index (χ4n) is 1.20. The Morgan fingerprint density at radius 3 is 3.12 bits per heavy atom. The third-order valence-electron chi connectivity index (χ3n) is 1.99. The summed E-state index contributed by atoms with van der Waals surface area (Å²) < 4.78 is 10.0. The summed E-state index contributed by atoms with van der Waals surface area (Å²) in [7, 11) is 1.62. The van der Waals surface area contributed by atoms with E-state index in [0.717, 1.165) is 0 Å². The van der Waals surface area contributed by atoms with Gasteiger partial charge in [0.15, 0.2) is 5.82 Å². The maximum atomic E-state index is 5.91. The van der Waals surface area contributed by atoms with Gasteiger partial charge in [-0.2, -0.15) is 4.98 Å². The summed E-state index contributed by atoms with van der Waals surface area (Å²) in [5.74, 6) is 0.973. The zero-order chi connectivity index (χ0) is 11.4. The summed E-state index contributed by atoms with van der Waals surface area (Å²) in [5.41, 5.74) is 0.639. The monoisotopic (exact) mass is 239 g/mol. The minimum absolute atomic E-state index is 0.351. The van der Waals surface area contributed by atoms with Crippen LogP contribution in [0.15, 0.2) is 22.9 Å². The van der Waals surface area contributed by atoms with E-state index in [4.69, 9.17) is 20.9 Å². The molecule has 0 saturated carbocycles. The van der Waals surface area contributed by atoms with Gasteiger partial charge in [0.25, 0.3) is 5.89 Å². The Labute approximate surface area is 97.4 Å². The molecule has 0 aliphatic heterocycles. The standard InChI is InChI=1S/C10H10ClN3O2/c1-15-6-4-8-13-10(16-14-8)7-3-2-5-12-9(7)11/h2-3,5H,4,6H2,1H3. The SMILES string of the molecule is COCCc1noc(-c2cccnc2Cl)n1. The van der Waals surface area contributed by atoms with Crippen molar-refractivity contribution in [1.29, 1.82) is 0 Å². The van der Waals surface area contributed by atoms with Gasteiger partial charge in [-0.1, -0.05) is 16.8 Å². The fraction of sp³-hybridized carbons (Fsp3) is 0.300. The number of halogens is 1. The van der Waals surface area contributed by atoms with E-state index in [9.17, 15) is 0 Å². The zero-order valence-corrected chi connectivity index (χ0v) is 9.44. The smallest absolute Gasteiger partial charge is 0.261 e. The molecule has 0 radical (unpaired) electrons. The van der Waals surface area contributed by atoms with Gasteiger partial charge in [-0.25, -0.2) is 4.98 Å². The molecule has 16 heavy (non-hydrogen) atoms. The second kappa shape index (κ2) is 5.05. The molecule has 0 bridgehead atoms. The van der Waals surface area contributed by atoms with Crippen LogP contribution in [0.1, 0.15) is 5.82 Å². The van der Waals surface area contributed by atoms with E-state index in [2.05, 4.69) is 15.1 Å². The van der Waals surface area contributed by atoms with Gasteiger partial charge in [-0.15, -0.1) is 0 Å². The van der Waals surface area contributed by atoms with Crippen LogP contribution < -0.4 is 0 Å². The number of methoxy groups -OCH3 is 1. The van der Waals surface area contributed by atoms with Gasteiger partial charge in [0.05, 0.1) is 12.2 Å². The highest BCUT2D eigenvalue weighted by molar-refractivity contribution is 6.31. The van der Waals surface area contributed by atoms with E-state index in [1.807, 2.05) is 0 Å². The molecule has 0 amide bonds. The number of pyridine rings is 1. The summed E-state index contributed by atoms with van der Waals surface area (Å²) in [5, 5.41) is 4.17. The van der Waals surface area contributed by atoms with E-state index < -0.39 is 0 Å². The number of hydrogen-bond donors (Lipinski definition) is 0. The van der Waals surface area contributed by atoms with Crippen molar-refractivity contribution in [3.05, 3.63) is 29.3 Å². The van der Waals surface area contributed by atoms with Crippen molar-refractivity contribution in [3.63, 3.8) is 0 Å². The number of aromatic nitrogens is 3. The lowest BCUT2D eigenvalue weighted by Gasteiger charge is -1.94. The predicted molar refractivity (Wildman–Crippen MR) is 58.1 cm³/mol. The highest BCUT2D eigenvalue weighted by Gasteiger charge is 2.11. The maximum Gasteiger partial charge on any atom is 0.261 e. The molecular formula is C10H10ClN3O2. The number of hydrogen-bond acceptors (Lipinski definition) is 5. The van der Waals surface area contributed by atoms with Crippen molar-refractivity contribution in [3.8, 4) is 11.5 Å².